The van der Waals surface area contributed by atoms with E-state index >= 15 is 0 Å². The van der Waals surface area contributed by atoms with Crippen molar-refractivity contribution in [2.24, 2.45) is 0 Å². The molecule has 1 amide bonds. The van der Waals surface area contributed by atoms with Gasteiger partial charge in [0, 0.05) is 12.8 Å². The molecule has 1 aromatic rings. The molecule has 1 aromatic heterocycles. The minimum absolute atomic E-state index is 0.0705. The van der Waals surface area contributed by atoms with Gasteiger partial charge in [0.2, 0.25) is 0 Å². The van der Waals surface area contributed by atoms with Crippen LogP contribution in [0.3, 0.4) is 0 Å². The molecule has 1 rings (SSSR count). The Bertz CT molecular complexity index is 616. The lowest BCUT2D eigenvalue weighted by Gasteiger charge is -2.05. The minimum Gasteiger partial charge on any atom is -0.351 e. The monoisotopic (exact) mass is 307 g/mol. The normalized spacial score (nSPS) is 11.1. The van der Waals surface area contributed by atoms with E-state index < -0.39 is 26.4 Å². The third-order valence-electron chi connectivity index (χ3n) is 2.05. The highest BCUT2D eigenvalue weighted by Gasteiger charge is 2.21. The zero-order valence-electron chi connectivity index (χ0n) is 9.79. The van der Waals surface area contributed by atoms with Crippen molar-refractivity contribution in [1.82, 2.24) is 10.3 Å². The molecule has 1 N–H and O–H groups in total. The topological polar surface area (TPSA) is 119 Å². The van der Waals surface area contributed by atoms with Gasteiger partial charge in [-0.05, 0) is 6.07 Å². The molecular weight excluding hydrogens is 298 g/mol. The molecule has 0 radical (unpaired) electrons. The van der Waals surface area contributed by atoms with Crippen LogP contribution in [-0.2, 0) is 9.84 Å². The molecule has 0 saturated heterocycles. The van der Waals surface area contributed by atoms with Crippen LogP contribution >= 0.6 is 11.6 Å². The molecule has 1 heterocycles. The van der Waals surface area contributed by atoms with Gasteiger partial charge in [0.25, 0.3) is 11.6 Å². The highest BCUT2D eigenvalue weighted by atomic mass is 35.5. The number of carbonyl (C=O) groups excluding carboxylic acids is 1. The van der Waals surface area contributed by atoms with Crippen LogP contribution in [0.4, 0.5) is 5.69 Å². The fourth-order valence-electron chi connectivity index (χ4n) is 1.20. The van der Waals surface area contributed by atoms with Crippen molar-refractivity contribution in [3.05, 3.63) is 33.1 Å². The predicted molar refractivity (Wildman–Crippen MR) is 67.9 cm³/mol. The average Bonchev–Trinajstić information content (AvgIpc) is 2.26. The molecule has 0 aliphatic carbocycles. The fraction of sp³-hybridized carbons (Fsp3) is 0.333. The van der Waals surface area contributed by atoms with Crippen molar-refractivity contribution >= 4 is 33.0 Å². The van der Waals surface area contributed by atoms with Crippen molar-refractivity contribution in [3.63, 3.8) is 0 Å². The van der Waals surface area contributed by atoms with Gasteiger partial charge in [0.1, 0.15) is 26.8 Å². The maximum Gasteiger partial charge on any atom is 0.300 e. The summed E-state index contributed by atoms with van der Waals surface area (Å²) in [6.07, 6.45) is 1.89. The number of nitrogens with zero attached hydrogens (tertiary/aromatic N) is 2. The second kappa shape index (κ2) is 5.93. The summed E-state index contributed by atoms with van der Waals surface area (Å²) in [6, 6.07) is 1.05. The Kier molecular flexibility index (Phi) is 4.78. The third kappa shape index (κ3) is 4.79. The summed E-state index contributed by atoms with van der Waals surface area (Å²) in [6.45, 7) is -0.144. The van der Waals surface area contributed by atoms with E-state index in [1.54, 1.807) is 0 Å². The molecule has 0 aromatic carbocycles. The average molecular weight is 308 g/mol. The Balaban J connectivity index is 2.87. The number of halogens is 1. The number of sulfone groups is 1. The van der Waals surface area contributed by atoms with Crippen molar-refractivity contribution in [3.8, 4) is 0 Å². The Morgan fingerprint density at radius 1 is 1.58 bits per heavy atom. The number of pyridine rings is 1. The molecule has 0 fully saturated rings. The van der Waals surface area contributed by atoms with Gasteiger partial charge in [-0.3, -0.25) is 14.9 Å². The van der Waals surface area contributed by atoms with Crippen LogP contribution in [0.1, 0.15) is 10.4 Å². The summed E-state index contributed by atoms with van der Waals surface area (Å²) in [4.78, 5) is 25.2. The van der Waals surface area contributed by atoms with Crippen LogP contribution in [0.5, 0.6) is 0 Å². The number of rotatable bonds is 5. The Labute approximate surface area is 113 Å². The number of amides is 1. The summed E-state index contributed by atoms with van der Waals surface area (Å²) in [7, 11) is -3.22. The van der Waals surface area contributed by atoms with Crippen LogP contribution in [0.15, 0.2) is 12.3 Å². The quantitative estimate of drug-likeness (QED) is 0.478. The minimum atomic E-state index is -3.22. The van der Waals surface area contributed by atoms with Gasteiger partial charge in [-0.25, -0.2) is 13.4 Å². The van der Waals surface area contributed by atoms with Crippen molar-refractivity contribution in [2.45, 2.75) is 0 Å². The first-order valence-corrected chi connectivity index (χ1v) is 7.40. The summed E-state index contributed by atoms with van der Waals surface area (Å²) >= 11 is 5.56. The highest BCUT2D eigenvalue weighted by molar-refractivity contribution is 7.90. The van der Waals surface area contributed by atoms with Gasteiger partial charge in [0.05, 0.1) is 10.7 Å². The zero-order chi connectivity index (χ0) is 14.6. The van der Waals surface area contributed by atoms with Crippen LogP contribution in [0, 0.1) is 10.1 Å². The summed E-state index contributed by atoms with van der Waals surface area (Å²) in [5, 5.41) is 12.9. The Morgan fingerprint density at radius 2 is 2.21 bits per heavy atom. The van der Waals surface area contributed by atoms with Crippen LogP contribution in [0.2, 0.25) is 5.15 Å². The van der Waals surface area contributed by atoms with Crippen LogP contribution in [0.25, 0.3) is 0 Å². The van der Waals surface area contributed by atoms with Gasteiger partial charge in [-0.2, -0.15) is 0 Å². The van der Waals surface area contributed by atoms with Gasteiger partial charge in [-0.1, -0.05) is 11.6 Å². The lowest BCUT2D eigenvalue weighted by atomic mass is 10.2. The predicted octanol–water partition coefficient (Wildman–Crippen LogP) is 0.418. The van der Waals surface area contributed by atoms with E-state index in [4.69, 9.17) is 11.6 Å². The van der Waals surface area contributed by atoms with Crippen molar-refractivity contribution in [1.29, 1.82) is 0 Å². The molecule has 8 nitrogen and oxygen atoms in total. The second-order valence-corrected chi connectivity index (χ2v) is 6.31. The maximum atomic E-state index is 11.7. The molecule has 0 unspecified atom stereocenters. The summed E-state index contributed by atoms with van der Waals surface area (Å²) in [5.74, 6) is -1.04. The van der Waals surface area contributed by atoms with Gasteiger partial charge in [-0.15, -0.1) is 0 Å². The molecule has 0 aliphatic heterocycles. The van der Waals surface area contributed by atoms with Crippen LogP contribution < -0.4 is 5.32 Å². The molecule has 10 heteroatoms. The smallest absolute Gasteiger partial charge is 0.300 e. The largest absolute Gasteiger partial charge is 0.351 e. The molecule has 0 bridgehead atoms. The number of carbonyl (C=O) groups is 1. The fourth-order valence-corrected chi connectivity index (χ4v) is 1.83. The van der Waals surface area contributed by atoms with Gasteiger partial charge < -0.3 is 5.32 Å². The van der Waals surface area contributed by atoms with E-state index in [-0.39, 0.29) is 23.0 Å². The van der Waals surface area contributed by atoms with E-state index in [1.165, 1.54) is 0 Å². The van der Waals surface area contributed by atoms with E-state index in [1.807, 2.05) is 0 Å². The Hall–Kier alpha value is -1.74. The molecule has 0 aliphatic rings. The first kappa shape index (κ1) is 15.3. The first-order chi connectivity index (χ1) is 8.70. The standard InChI is InChI=1S/C9H10ClN3O5S/c1-19(17,18)3-2-11-9(14)6-4-8(10)12-5-7(6)13(15)16/h4-5H,2-3H2,1H3,(H,11,14). The molecule has 0 atom stereocenters. The van der Waals surface area contributed by atoms with Crippen molar-refractivity contribution in [2.75, 3.05) is 18.6 Å². The van der Waals surface area contributed by atoms with Crippen molar-refractivity contribution < 1.29 is 18.1 Å². The maximum absolute atomic E-state index is 11.7. The second-order valence-electron chi connectivity index (χ2n) is 3.67. The van der Waals surface area contributed by atoms with E-state index in [0.29, 0.717) is 0 Å². The van der Waals surface area contributed by atoms with Crippen LogP contribution in [-0.4, -0.2) is 42.8 Å². The highest BCUT2D eigenvalue weighted by Crippen LogP contribution is 2.19. The third-order valence-corrected chi connectivity index (χ3v) is 3.20. The number of hydrogen-bond donors (Lipinski definition) is 1. The lowest BCUT2D eigenvalue weighted by molar-refractivity contribution is -0.385. The molecular formula is C9H10ClN3O5S. The molecule has 0 spiro atoms. The van der Waals surface area contributed by atoms with E-state index in [2.05, 4.69) is 10.3 Å². The molecule has 0 saturated carbocycles. The zero-order valence-corrected chi connectivity index (χ0v) is 11.4. The number of nitro groups is 1. The van der Waals surface area contributed by atoms with Gasteiger partial charge in [0.15, 0.2) is 0 Å². The molecule has 19 heavy (non-hydrogen) atoms. The van der Waals surface area contributed by atoms with Gasteiger partial charge >= 0.3 is 0 Å². The summed E-state index contributed by atoms with van der Waals surface area (Å²) in [5.41, 5.74) is -0.764. The first-order valence-electron chi connectivity index (χ1n) is 4.96. The number of aromatic nitrogens is 1. The number of nitrogens with one attached hydrogen (secondary N) is 1. The molecule has 104 valence electrons. The SMILES string of the molecule is CS(=O)(=O)CCNC(=O)c1cc(Cl)ncc1[N+](=O)[O-]. The summed E-state index contributed by atoms with van der Waals surface area (Å²) < 4.78 is 21.8. The lowest BCUT2D eigenvalue weighted by Crippen LogP contribution is -2.29. The number of hydrogen-bond acceptors (Lipinski definition) is 6. The van der Waals surface area contributed by atoms with E-state index in [0.717, 1.165) is 18.5 Å². The Morgan fingerprint density at radius 3 is 2.74 bits per heavy atom. The van der Waals surface area contributed by atoms with E-state index in [9.17, 15) is 23.3 Å².